The fraction of sp³-hybridized carbons (Fsp3) is 0.778. The second-order valence-electron chi connectivity index (χ2n) is 3.33. The summed E-state index contributed by atoms with van der Waals surface area (Å²) in [5, 5.41) is 8.72. The molecular weight excluding hydrogens is 174 g/mol. The SMILES string of the molecule is Cl.NC(CO)CC1CC=CCC1. The maximum atomic E-state index is 8.72. The van der Waals surface area contributed by atoms with Crippen LogP contribution in [0.1, 0.15) is 25.7 Å². The fourth-order valence-corrected chi connectivity index (χ4v) is 1.57. The largest absolute Gasteiger partial charge is 0.395 e. The summed E-state index contributed by atoms with van der Waals surface area (Å²) in [6, 6.07) is -0.00787. The summed E-state index contributed by atoms with van der Waals surface area (Å²) in [5.74, 6) is 0.710. The number of aliphatic hydroxyl groups excluding tert-OH is 1. The third-order valence-electron chi connectivity index (χ3n) is 2.25. The molecule has 0 radical (unpaired) electrons. The first kappa shape index (κ1) is 11.9. The van der Waals surface area contributed by atoms with Crippen LogP contribution in [0.4, 0.5) is 0 Å². The van der Waals surface area contributed by atoms with Crippen LogP contribution in [0.5, 0.6) is 0 Å². The molecule has 0 fully saturated rings. The van der Waals surface area contributed by atoms with Gasteiger partial charge in [-0.25, -0.2) is 0 Å². The molecule has 1 aliphatic carbocycles. The van der Waals surface area contributed by atoms with Crippen LogP contribution in [-0.2, 0) is 0 Å². The highest BCUT2D eigenvalue weighted by Crippen LogP contribution is 2.21. The predicted octanol–water partition coefficient (Wildman–Crippen LogP) is 1.47. The Morgan fingerprint density at radius 1 is 1.50 bits per heavy atom. The van der Waals surface area contributed by atoms with Gasteiger partial charge >= 0.3 is 0 Å². The minimum Gasteiger partial charge on any atom is -0.395 e. The van der Waals surface area contributed by atoms with Gasteiger partial charge in [-0.1, -0.05) is 12.2 Å². The van der Waals surface area contributed by atoms with Crippen molar-refractivity contribution in [3.05, 3.63) is 12.2 Å². The normalized spacial score (nSPS) is 24.7. The molecule has 0 aliphatic heterocycles. The van der Waals surface area contributed by atoms with Gasteiger partial charge in [-0.2, -0.15) is 0 Å². The van der Waals surface area contributed by atoms with E-state index in [9.17, 15) is 0 Å². The van der Waals surface area contributed by atoms with Crippen molar-refractivity contribution in [2.24, 2.45) is 11.7 Å². The van der Waals surface area contributed by atoms with E-state index in [2.05, 4.69) is 12.2 Å². The molecule has 0 saturated carbocycles. The lowest BCUT2D eigenvalue weighted by Gasteiger charge is -2.20. The standard InChI is InChI=1S/C9H17NO.ClH/c10-9(7-11)6-8-4-2-1-3-5-8;/h1-2,8-9,11H,3-7,10H2;1H. The van der Waals surface area contributed by atoms with Crippen molar-refractivity contribution in [3.8, 4) is 0 Å². The summed E-state index contributed by atoms with van der Waals surface area (Å²) in [4.78, 5) is 0. The third kappa shape index (κ3) is 4.10. The van der Waals surface area contributed by atoms with Crippen molar-refractivity contribution in [1.29, 1.82) is 0 Å². The number of nitrogens with two attached hydrogens (primary N) is 1. The molecule has 12 heavy (non-hydrogen) atoms. The van der Waals surface area contributed by atoms with Crippen LogP contribution in [0.2, 0.25) is 0 Å². The number of aliphatic hydroxyl groups is 1. The molecule has 0 aromatic rings. The number of rotatable bonds is 3. The monoisotopic (exact) mass is 191 g/mol. The van der Waals surface area contributed by atoms with Crippen LogP contribution in [0.25, 0.3) is 0 Å². The van der Waals surface area contributed by atoms with Crippen molar-refractivity contribution in [3.63, 3.8) is 0 Å². The van der Waals surface area contributed by atoms with E-state index >= 15 is 0 Å². The van der Waals surface area contributed by atoms with E-state index < -0.39 is 0 Å². The van der Waals surface area contributed by atoms with Crippen molar-refractivity contribution in [1.82, 2.24) is 0 Å². The first-order valence-electron chi connectivity index (χ1n) is 4.34. The van der Waals surface area contributed by atoms with Crippen LogP contribution in [0, 0.1) is 5.92 Å². The van der Waals surface area contributed by atoms with E-state index in [4.69, 9.17) is 10.8 Å². The molecule has 0 aromatic heterocycles. The average Bonchev–Trinajstić information content (AvgIpc) is 2.06. The molecule has 1 rings (SSSR count). The van der Waals surface area contributed by atoms with Gasteiger partial charge < -0.3 is 10.8 Å². The zero-order valence-corrected chi connectivity index (χ0v) is 8.09. The van der Waals surface area contributed by atoms with Crippen molar-refractivity contribution in [2.45, 2.75) is 31.7 Å². The molecule has 0 saturated heterocycles. The minimum atomic E-state index is -0.00787. The zero-order valence-electron chi connectivity index (χ0n) is 7.28. The Labute approximate surface area is 80.3 Å². The number of allylic oxidation sites excluding steroid dienone is 2. The molecule has 0 amide bonds. The average molecular weight is 192 g/mol. The highest BCUT2D eigenvalue weighted by molar-refractivity contribution is 5.85. The van der Waals surface area contributed by atoms with Crippen molar-refractivity contribution in [2.75, 3.05) is 6.61 Å². The van der Waals surface area contributed by atoms with Gasteiger partial charge in [0, 0.05) is 6.04 Å². The van der Waals surface area contributed by atoms with E-state index in [-0.39, 0.29) is 25.1 Å². The third-order valence-corrected chi connectivity index (χ3v) is 2.25. The highest BCUT2D eigenvalue weighted by Gasteiger charge is 2.12. The van der Waals surface area contributed by atoms with Crippen molar-refractivity contribution < 1.29 is 5.11 Å². The first-order valence-corrected chi connectivity index (χ1v) is 4.34. The van der Waals surface area contributed by atoms with E-state index in [1.165, 1.54) is 12.8 Å². The van der Waals surface area contributed by atoms with E-state index in [0.717, 1.165) is 12.8 Å². The summed E-state index contributed by atoms with van der Waals surface area (Å²) < 4.78 is 0. The number of hydrogen-bond donors (Lipinski definition) is 2. The zero-order chi connectivity index (χ0) is 8.10. The van der Waals surface area contributed by atoms with Crippen LogP contribution >= 0.6 is 12.4 Å². The van der Waals surface area contributed by atoms with Gasteiger partial charge in [-0.05, 0) is 31.6 Å². The first-order chi connectivity index (χ1) is 5.33. The summed E-state index contributed by atoms with van der Waals surface area (Å²) in [7, 11) is 0. The van der Waals surface area contributed by atoms with Gasteiger partial charge in [-0.15, -0.1) is 12.4 Å². The second kappa shape index (κ2) is 6.46. The van der Waals surface area contributed by atoms with Gasteiger partial charge in [0.25, 0.3) is 0 Å². The second-order valence-corrected chi connectivity index (χ2v) is 3.33. The molecule has 2 unspecified atom stereocenters. The Bertz CT molecular complexity index is 138. The summed E-state index contributed by atoms with van der Waals surface area (Å²) in [6.07, 6.45) is 8.99. The highest BCUT2D eigenvalue weighted by atomic mass is 35.5. The quantitative estimate of drug-likeness (QED) is 0.664. The molecule has 0 aromatic carbocycles. The van der Waals surface area contributed by atoms with Crippen LogP contribution in [-0.4, -0.2) is 17.8 Å². The molecule has 3 N–H and O–H groups in total. The molecule has 72 valence electrons. The smallest absolute Gasteiger partial charge is 0.0582 e. The molecule has 0 heterocycles. The molecule has 1 aliphatic rings. The van der Waals surface area contributed by atoms with Gasteiger partial charge in [0.1, 0.15) is 0 Å². The van der Waals surface area contributed by atoms with Crippen LogP contribution < -0.4 is 5.73 Å². The van der Waals surface area contributed by atoms with Crippen LogP contribution in [0.3, 0.4) is 0 Å². The molecular formula is C9H18ClNO. The van der Waals surface area contributed by atoms with Gasteiger partial charge in [0.15, 0.2) is 0 Å². The topological polar surface area (TPSA) is 46.2 Å². The van der Waals surface area contributed by atoms with E-state index in [1.54, 1.807) is 0 Å². The summed E-state index contributed by atoms with van der Waals surface area (Å²) in [6.45, 7) is 0.125. The van der Waals surface area contributed by atoms with E-state index in [0.29, 0.717) is 5.92 Å². The molecule has 0 bridgehead atoms. The van der Waals surface area contributed by atoms with Crippen molar-refractivity contribution >= 4 is 12.4 Å². The van der Waals surface area contributed by atoms with Crippen LogP contribution in [0.15, 0.2) is 12.2 Å². The Morgan fingerprint density at radius 2 is 2.25 bits per heavy atom. The van der Waals surface area contributed by atoms with Gasteiger partial charge in [0.05, 0.1) is 6.61 Å². The maximum Gasteiger partial charge on any atom is 0.0582 e. The lowest BCUT2D eigenvalue weighted by Crippen LogP contribution is -2.27. The maximum absolute atomic E-state index is 8.72. The van der Waals surface area contributed by atoms with Gasteiger partial charge in [-0.3, -0.25) is 0 Å². The number of halogens is 1. The predicted molar refractivity (Wildman–Crippen MR) is 53.4 cm³/mol. The lowest BCUT2D eigenvalue weighted by atomic mass is 9.89. The van der Waals surface area contributed by atoms with E-state index in [1.807, 2.05) is 0 Å². The Kier molecular flexibility index (Phi) is 6.44. The van der Waals surface area contributed by atoms with Gasteiger partial charge in [0.2, 0.25) is 0 Å². The molecule has 3 heteroatoms. The molecule has 0 spiro atoms. The Balaban J connectivity index is 0.00000121. The fourth-order valence-electron chi connectivity index (χ4n) is 1.57. The number of hydrogen-bond acceptors (Lipinski definition) is 2. The summed E-state index contributed by atoms with van der Waals surface area (Å²) in [5.41, 5.74) is 5.63. The summed E-state index contributed by atoms with van der Waals surface area (Å²) >= 11 is 0. The lowest BCUT2D eigenvalue weighted by molar-refractivity contribution is 0.241. The minimum absolute atomic E-state index is 0. The molecule has 2 atom stereocenters. The Morgan fingerprint density at radius 3 is 2.75 bits per heavy atom. The Hall–Kier alpha value is -0.0500. The molecule has 2 nitrogen and oxygen atoms in total.